The highest BCUT2D eigenvalue weighted by atomic mass is 16.5. The van der Waals surface area contributed by atoms with Gasteiger partial charge in [0, 0.05) is 19.6 Å². The van der Waals surface area contributed by atoms with Gasteiger partial charge in [0.05, 0.1) is 13.2 Å². The van der Waals surface area contributed by atoms with Crippen LogP contribution in [0, 0.1) is 5.92 Å². The molecular formula is C12H23N3O2. The van der Waals surface area contributed by atoms with Crippen molar-refractivity contribution >= 4 is 6.03 Å². The first-order valence-corrected chi connectivity index (χ1v) is 6.55. The first kappa shape index (κ1) is 12.6. The van der Waals surface area contributed by atoms with Crippen molar-refractivity contribution in [2.75, 3.05) is 53.0 Å². The van der Waals surface area contributed by atoms with E-state index in [4.69, 9.17) is 4.74 Å². The number of hydrogen-bond donors (Lipinski definition) is 1. The zero-order valence-electron chi connectivity index (χ0n) is 10.7. The number of likely N-dealkylation sites (tertiary alicyclic amines) is 1. The van der Waals surface area contributed by atoms with E-state index >= 15 is 0 Å². The lowest BCUT2D eigenvalue weighted by Crippen LogP contribution is -2.47. The standard InChI is InChI=1S/C12H23N3O2/c1-14-4-2-11(3-5-14)10-13-12(16)15-6-8-17-9-7-15/h11H,2-10H2,1H3,(H,13,16). The lowest BCUT2D eigenvalue weighted by atomic mass is 9.97. The van der Waals surface area contributed by atoms with Crippen LogP contribution in [0.2, 0.25) is 0 Å². The van der Waals surface area contributed by atoms with Crippen LogP contribution in [0.15, 0.2) is 0 Å². The van der Waals surface area contributed by atoms with Gasteiger partial charge in [-0.15, -0.1) is 0 Å². The lowest BCUT2D eigenvalue weighted by molar-refractivity contribution is 0.0527. The van der Waals surface area contributed by atoms with Crippen molar-refractivity contribution in [3.8, 4) is 0 Å². The molecule has 0 bridgehead atoms. The molecule has 5 nitrogen and oxygen atoms in total. The van der Waals surface area contributed by atoms with Gasteiger partial charge in [0.2, 0.25) is 0 Å². The molecule has 1 N–H and O–H groups in total. The van der Waals surface area contributed by atoms with Crippen LogP contribution in [-0.4, -0.2) is 68.8 Å². The molecule has 17 heavy (non-hydrogen) atoms. The Morgan fingerprint density at radius 1 is 1.24 bits per heavy atom. The van der Waals surface area contributed by atoms with Crippen molar-refractivity contribution in [3.05, 3.63) is 0 Å². The van der Waals surface area contributed by atoms with Crippen LogP contribution in [-0.2, 0) is 4.74 Å². The van der Waals surface area contributed by atoms with E-state index in [-0.39, 0.29) is 6.03 Å². The molecule has 2 rings (SSSR count). The number of hydrogen-bond acceptors (Lipinski definition) is 3. The number of carbonyl (C=O) groups is 1. The fraction of sp³-hybridized carbons (Fsp3) is 0.917. The van der Waals surface area contributed by atoms with E-state index in [1.807, 2.05) is 4.90 Å². The number of morpholine rings is 1. The Morgan fingerprint density at radius 2 is 1.88 bits per heavy atom. The molecule has 0 saturated carbocycles. The molecule has 2 amide bonds. The first-order valence-electron chi connectivity index (χ1n) is 6.55. The van der Waals surface area contributed by atoms with E-state index in [2.05, 4.69) is 17.3 Å². The van der Waals surface area contributed by atoms with Crippen LogP contribution in [0.4, 0.5) is 4.79 Å². The molecule has 0 aromatic heterocycles. The Morgan fingerprint density at radius 3 is 2.53 bits per heavy atom. The molecule has 2 heterocycles. The molecule has 0 spiro atoms. The predicted molar refractivity (Wildman–Crippen MR) is 66.0 cm³/mol. The average Bonchev–Trinajstić information content (AvgIpc) is 2.39. The van der Waals surface area contributed by atoms with Crippen LogP contribution < -0.4 is 5.32 Å². The molecular weight excluding hydrogens is 218 g/mol. The lowest BCUT2D eigenvalue weighted by Gasteiger charge is -2.31. The fourth-order valence-corrected chi connectivity index (χ4v) is 2.38. The molecule has 2 aliphatic heterocycles. The third kappa shape index (κ3) is 3.85. The smallest absolute Gasteiger partial charge is 0.317 e. The first-order chi connectivity index (χ1) is 8.25. The molecule has 0 unspecified atom stereocenters. The Bertz CT molecular complexity index is 246. The van der Waals surface area contributed by atoms with Gasteiger partial charge in [0.25, 0.3) is 0 Å². The highest BCUT2D eigenvalue weighted by Gasteiger charge is 2.20. The fourth-order valence-electron chi connectivity index (χ4n) is 2.38. The van der Waals surface area contributed by atoms with Gasteiger partial charge in [-0.1, -0.05) is 0 Å². The Hall–Kier alpha value is -0.810. The number of urea groups is 1. The second kappa shape index (κ2) is 6.21. The van der Waals surface area contributed by atoms with E-state index in [0.29, 0.717) is 19.1 Å². The molecule has 0 aromatic rings. The molecule has 0 radical (unpaired) electrons. The summed E-state index contributed by atoms with van der Waals surface area (Å²) in [6, 6.07) is 0.0761. The van der Waals surface area contributed by atoms with Gasteiger partial charge in [0.15, 0.2) is 0 Å². The molecule has 0 aliphatic carbocycles. The Labute approximate surface area is 103 Å². The van der Waals surface area contributed by atoms with Gasteiger partial charge < -0.3 is 19.9 Å². The van der Waals surface area contributed by atoms with Crippen molar-refractivity contribution < 1.29 is 9.53 Å². The summed E-state index contributed by atoms with van der Waals surface area (Å²) in [6.45, 7) is 5.90. The third-order valence-electron chi connectivity index (χ3n) is 3.68. The zero-order valence-corrected chi connectivity index (χ0v) is 10.7. The summed E-state index contributed by atoms with van der Waals surface area (Å²) in [7, 11) is 2.16. The topological polar surface area (TPSA) is 44.8 Å². The van der Waals surface area contributed by atoms with Crippen molar-refractivity contribution in [3.63, 3.8) is 0 Å². The van der Waals surface area contributed by atoms with Gasteiger partial charge in [-0.3, -0.25) is 0 Å². The summed E-state index contributed by atoms with van der Waals surface area (Å²) in [5, 5.41) is 3.05. The molecule has 98 valence electrons. The van der Waals surface area contributed by atoms with Gasteiger partial charge >= 0.3 is 6.03 Å². The normalized spacial score (nSPS) is 23.7. The highest BCUT2D eigenvalue weighted by molar-refractivity contribution is 5.74. The van der Waals surface area contributed by atoms with Crippen molar-refractivity contribution in [1.29, 1.82) is 0 Å². The number of piperidine rings is 1. The number of ether oxygens (including phenoxy) is 1. The maximum Gasteiger partial charge on any atom is 0.317 e. The number of nitrogens with one attached hydrogen (secondary N) is 1. The largest absolute Gasteiger partial charge is 0.378 e. The van der Waals surface area contributed by atoms with Crippen LogP contribution in [0.25, 0.3) is 0 Å². The summed E-state index contributed by atoms with van der Waals surface area (Å²) < 4.78 is 5.23. The quantitative estimate of drug-likeness (QED) is 0.760. The number of rotatable bonds is 2. The predicted octanol–water partition coefficient (Wildman–Crippen LogP) is 0.370. The van der Waals surface area contributed by atoms with E-state index < -0.39 is 0 Å². The van der Waals surface area contributed by atoms with Crippen LogP contribution in [0.5, 0.6) is 0 Å². The maximum atomic E-state index is 11.9. The second-order valence-corrected chi connectivity index (χ2v) is 5.03. The minimum atomic E-state index is 0.0761. The molecule has 0 aromatic carbocycles. The van der Waals surface area contributed by atoms with Gasteiger partial charge in [-0.2, -0.15) is 0 Å². The van der Waals surface area contributed by atoms with Crippen molar-refractivity contribution in [1.82, 2.24) is 15.1 Å². The molecule has 5 heteroatoms. The van der Waals surface area contributed by atoms with Crippen molar-refractivity contribution in [2.24, 2.45) is 5.92 Å². The second-order valence-electron chi connectivity index (χ2n) is 5.03. The summed E-state index contributed by atoms with van der Waals surface area (Å²) >= 11 is 0. The monoisotopic (exact) mass is 241 g/mol. The molecule has 2 fully saturated rings. The average molecular weight is 241 g/mol. The van der Waals surface area contributed by atoms with Crippen LogP contribution in [0.3, 0.4) is 0 Å². The van der Waals surface area contributed by atoms with Crippen LogP contribution >= 0.6 is 0 Å². The van der Waals surface area contributed by atoms with Crippen molar-refractivity contribution in [2.45, 2.75) is 12.8 Å². The maximum absolute atomic E-state index is 11.9. The molecule has 2 saturated heterocycles. The zero-order chi connectivity index (χ0) is 12.1. The van der Waals surface area contributed by atoms with Gasteiger partial charge in [-0.05, 0) is 38.9 Å². The van der Waals surface area contributed by atoms with Gasteiger partial charge in [-0.25, -0.2) is 4.79 Å². The molecule has 2 aliphatic rings. The summed E-state index contributed by atoms with van der Waals surface area (Å²) in [5.41, 5.74) is 0. The number of nitrogens with zero attached hydrogens (tertiary/aromatic N) is 2. The molecule has 0 atom stereocenters. The highest BCUT2D eigenvalue weighted by Crippen LogP contribution is 2.14. The van der Waals surface area contributed by atoms with Crippen LogP contribution in [0.1, 0.15) is 12.8 Å². The summed E-state index contributed by atoms with van der Waals surface area (Å²) in [5.74, 6) is 0.649. The minimum absolute atomic E-state index is 0.0761. The van der Waals surface area contributed by atoms with E-state index in [1.165, 1.54) is 12.8 Å². The summed E-state index contributed by atoms with van der Waals surface area (Å²) in [4.78, 5) is 16.0. The minimum Gasteiger partial charge on any atom is -0.378 e. The Kier molecular flexibility index (Phi) is 4.62. The van der Waals surface area contributed by atoms with E-state index in [1.54, 1.807) is 0 Å². The van der Waals surface area contributed by atoms with E-state index in [0.717, 1.165) is 32.7 Å². The Balaban J connectivity index is 1.65. The third-order valence-corrected chi connectivity index (χ3v) is 3.68. The SMILES string of the molecule is CN1CCC(CNC(=O)N2CCOCC2)CC1. The number of carbonyl (C=O) groups excluding carboxylic acids is 1. The van der Waals surface area contributed by atoms with E-state index in [9.17, 15) is 4.79 Å². The van der Waals surface area contributed by atoms with Gasteiger partial charge in [0.1, 0.15) is 0 Å². The summed E-state index contributed by atoms with van der Waals surface area (Å²) in [6.07, 6.45) is 2.39. The number of amides is 2.